The number of piperidine rings is 1. The number of benzene rings is 1. The molecule has 9 heteroatoms. The van der Waals surface area contributed by atoms with E-state index >= 15 is 0 Å². The average molecular weight is 448 g/mol. The van der Waals surface area contributed by atoms with E-state index in [1.165, 1.54) is 6.07 Å². The van der Waals surface area contributed by atoms with E-state index in [2.05, 4.69) is 15.3 Å². The summed E-state index contributed by atoms with van der Waals surface area (Å²) in [6, 6.07) is 4.77. The first kappa shape index (κ1) is 19.8. The first-order valence-corrected chi connectivity index (χ1v) is 10.8. The Balaban J connectivity index is 1.38. The van der Waals surface area contributed by atoms with Gasteiger partial charge in [-0.25, -0.2) is 4.39 Å². The van der Waals surface area contributed by atoms with Gasteiger partial charge in [-0.15, -0.1) is 12.6 Å². The summed E-state index contributed by atoms with van der Waals surface area (Å²) in [5.74, 6) is -0.0858. The average Bonchev–Trinajstić information content (AvgIpc) is 2.98. The van der Waals surface area contributed by atoms with Crippen LogP contribution in [-0.4, -0.2) is 44.6 Å². The molecule has 1 saturated carbocycles. The van der Waals surface area contributed by atoms with Crippen LogP contribution < -0.4 is 5.32 Å². The second-order valence-corrected chi connectivity index (χ2v) is 9.33. The quantitative estimate of drug-likeness (QED) is 0.692. The van der Waals surface area contributed by atoms with E-state index in [9.17, 15) is 9.18 Å². The lowest BCUT2D eigenvalue weighted by Crippen LogP contribution is -2.36. The summed E-state index contributed by atoms with van der Waals surface area (Å²) in [7, 11) is 3.80. The molecule has 0 bridgehead atoms. The molecule has 0 spiro atoms. The van der Waals surface area contributed by atoms with Crippen LogP contribution in [0.1, 0.15) is 24.0 Å². The molecule has 6 nitrogen and oxygen atoms in total. The maximum Gasteiger partial charge on any atom is 0.226 e. The van der Waals surface area contributed by atoms with Gasteiger partial charge >= 0.3 is 0 Å². The summed E-state index contributed by atoms with van der Waals surface area (Å²) < 4.78 is 16.3. The highest BCUT2D eigenvalue weighted by Crippen LogP contribution is 2.67. The first-order valence-electron chi connectivity index (χ1n) is 9.90. The number of nitrogens with zero attached hydrogens (tertiary/aromatic N) is 4. The highest BCUT2D eigenvalue weighted by Gasteiger charge is 2.67. The van der Waals surface area contributed by atoms with Gasteiger partial charge in [-0.2, -0.15) is 5.10 Å². The van der Waals surface area contributed by atoms with Gasteiger partial charge in [0.05, 0.1) is 12.6 Å². The number of amides is 1. The summed E-state index contributed by atoms with van der Waals surface area (Å²) in [5, 5.41) is 7.63. The van der Waals surface area contributed by atoms with Crippen molar-refractivity contribution in [2.24, 2.45) is 13.0 Å². The van der Waals surface area contributed by atoms with Crippen LogP contribution in [0.4, 0.5) is 4.39 Å². The Morgan fingerprint density at radius 2 is 2.23 bits per heavy atom. The molecule has 1 aliphatic carbocycles. The second-order valence-electron chi connectivity index (χ2n) is 8.43. The molecular weight excluding hydrogens is 425 g/mol. The number of aromatic nitrogens is 2. The van der Waals surface area contributed by atoms with Crippen molar-refractivity contribution in [3.63, 3.8) is 0 Å². The maximum atomic E-state index is 14.6. The maximum absolute atomic E-state index is 14.6. The molecule has 0 radical (unpaired) electrons. The number of halogens is 2. The third kappa shape index (κ3) is 3.00. The highest BCUT2D eigenvalue weighted by atomic mass is 35.5. The SMILES string of the molecule is CN1C(CC(=O)NCc2cnn(C)c2)=C2[C@@H]3C[C@]3(c3cc(Cl)ccc3F)CN2C1S. The molecule has 3 heterocycles. The molecule has 1 aromatic carbocycles. The van der Waals surface area contributed by atoms with Crippen LogP contribution in [0.5, 0.6) is 0 Å². The normalized spacial score (nSPS) is 26.8. The zero-order chi connectivity index (χ0) is 21.2. The van der Waals surface area contributed by atoms with E-state index < -0.39 is 0 Å². The fourth-order valence-electron chi connectivity index (χ4n) is 4.99. The minimum atomic E-state index is -0.274. The van der Waals surface area contributed by atoms with Crippen LogP contribution in [0.2, 0.25) is 5.02 Å². The van der Waals surface area contributed by atoms with Crippen molar-refractivity contribution < 1.29 is 9.18 Å². The van der Waals surface area contributed by atoms with E-state index in [0.29, 0.717) is 23.7 Å². The van der Waals surface area contributed by atoms with Gasteiger partial charge in [-0.3, -0.25) is 9.48 Å². The van der Waals surface area contributed by atoms with Crippen molar-refractivity contribution >= 4 is 30.1 Å². The number of hydrogen-bond donors (Lipinski definition) is 2. The minimum absolute atomic E-state index is 0.0531. The molecule has 3 aliphatic rings. The van der Waals surface area contributed by atoms with Crippen LogP contribution in [0.15, 0.2) is 42.0 Å². The van der Waals surface area contributed by atoms with Gasteiger partial charge in [0.15, 0.2) is 0 Å². The third-order valence-corrected chi connectivity index (χ3v) is 7.41. The zero-order valence-electron chi connectivity index (χ0n) is 16.8. The summed E-state index contributed by atoms with van der Waals surface area (Å²) in [6.45, 7) is 1.12. The number of allylic oxidation sites excluding steroid dienone is 1. The smallest absolute Gasteiger partial charge is 0.226 e. The van der Waals surface area contributed by atoms with Crippen molar-refractivity contribution in [3.05, 3.63) is 64.0 Å². The van der Waals surface area contributed by atoms with Crippen LogP contribution >= 0.6 is 24.2 Å². The van der Waals surface area contributed by atoms with E-state index in [1.54, 1.807) is 23.0 Å². The molecule has 1 amide bonds. The van der Waals surface area contributed by atoms with Crippen molar-refractivity contribution in [1.82, 2.24) is 24.9 Å². The molecule has 2 fully saturated rings. The predicted molar refractivity (Wildman–Crippen MR) is 115 cm³/mol. The Morgan fingerprint density at radius 3 is 2.97 bits per heavy atom. The summed E-state index contributed by atoms with van der Waals surface area (Å²) in [6.07, 6.45) is 4.75. The van der Waals surface area contributed by atoms with Gasteiger partial charge < -0.3 is 15.1 Å². The van der Waals surface area contributed by atoms with Gasteiger partial charge in [0, 0.05) is 66.7 Å². The van der Waals surface area contributed by atoms with Crippen LogP contribution in [0, 0.1) is 11.7 Å². The van der Waals surface area contributed by atoms with E-state index in [-0.39, 0.29) is 35.0 Å². The van der Waals surface area contributed by atoms with E-state index in [4.69, 9.17) is 24.2 Å². The Bertz CT molecular complexity index is 1070. The van der Waals surface area contributed by atoms with Crippen molar-refractivity contribution in [2.75, 3.05) is 13.6 Å². The second kappa shape index (κ2) is 6.92. The van der Waals surface area contributed by atoms with E-state index in [0.717, 1.165) is 23.4 Å². The molecule has 1 unspecified atom stereocenters. The van der Waals surface area contributed by atoms with Gasteiger partial charge in [0.25, 0.3) is 0 Å². The lowest BCUT2D eigenvalue weighted by molar-refractivity contribution is -0.120. The third-order valence-electron chi connectivity index (χ3n) is 6.55. The topological polar surface area (TPSA) is 53.4 Å². The zero-order valence-corrected chi connectivity index (χ0v) is 18.4. The van der Waals surface area contributed by atoms with Gasteiger partial charge in [0.2, 0.25) is 5.91 Å². The number of rotatable bonds is 5. The fourth-order valence-corrected chi connectivity index (χ4v) is 5.50. The fraction of sp³-hybridized carbons (Fsp3) is 0.429. The molecule has 1 saturated heterocycles. The minimum Gasteiger partial charge on any atom is -0.352 e. The Hall–Kier alpha value is -2.19. The first-order chi connectivity index (χ1) is 14.3. The number of fused-ring (bicyclic) bond motifs is 3. The van der Waals surface area contributed by atoms with Gasteiger partial charge in [-0.1, -0.05) is 11.6 Å². The Labute approximate surface area is 185 Å². The number of hydrogen-bond acceptors (Lipinski definition) is 5. The molecule has 2 aliphatic heterocycles. The van der Waals surface area contributed by atoms with Crippen LogP contribution in [0.25, 0.3) is 0 Å². The summed E-state index contributed by atoms with van der Waals surface area (Å²) in [5.41, 5.74) is 3.28. The number of nitrogens with one attached hydrogen (secondary N) is 1. The van der Waals surface area contributed by atoms with Crippen molar-refractivity contribution in [1.29, 1.82) is 0 Å². The lowest BCUT2D eigenvalue weighted by Gasteiger charge is -2.29. The predicted octanol–water partition coefficient (Wildman–Crippen LogP) is 2.86. The number of carbonyl (C=O) groups excluding carboxylic acids is 1. The van der Waals surface area contributed by atoms with Crippen molar-refractivity contribution in [3.8, 4) is 0 Å². The number of aryl methyl sites for hydroxylation is 1. The standard InChI is InChI=1S/C21H23ClFN5OS/c1-26-10-12(9-25-26)8-24-18(29)6-17-19-15-7-21(15,11-28(19)20(30)27(17)2)14-5-13(22)3-4-16(14)23/h3-5,9-10,15,20,30H,6-8,11H2,1-2H3,(H,24,29)/t15-,20?,21+/m0/s1. The molecule has 1 aromatic heterocycles. The molecule has 30 heavy (non-hydrogen) atoms. The highest BCUT2D eigenvalue weighted by molar-refractivity contribution is 7.80. The molecule has 5 rings (SSSR count). The van der Waals surface area contributed by atoms with Gasteiger partial charge in [0.1, 0.15) is 11.3 Å². The Morgan fingerprint density at radius 1 is 1.43 bits per heavy atom. The lowest BCUT2D eigenvalue weighted by atomic mass is 9.94. The van der Waals surface area contributed by atoms with Gasteiger partial charge in [-0.05, 0) is 30.2 Å². The molecule has 2 aromatic rings. The largest absolute Gasteiger partial charge is 0.352 e. The monoisotopic (exact) mass is 447 g/mol. The van der Waals surface area contributed by atoms with E-state index in [1.807, 2.05) is 25.2 Å². The number of carbonyl (C=O) groups is 1. The van der Waals surface area contributed by atoms with Crippen molar-refractivity contribution in [2.45, 2.75) is 30.3 Å². The summed E-state index contributed by atoms with van der Waals surface area (Å²) >= 11 is 10.9. The molecule has 1 N–H and O–H groups in total. The molecule has 158 valence electrons. The molecule has 3 atom stereocenters. The summed E-state index contributed by atoms with van der Waals surface area (Å²) in [4.78, 5) is 16.9. The van der Waals surface area contributed by atoms with Crippen LogP contribution in [0.3, 0.4) is 0 Å². The number of thiol groups is 1. The molecular formula is C21H23ClFN5OS. The van der Waals surface area contributed by atoms with Crippen LogP contribution in [-0.2, 0) is 23.8 Å². The Kier molecular flexibility index (Phi) is 4.56.